The summed E-state index contributed by atoms with van der Waals surface area (Å²) in [6.07, 6.45) is 9.49. The van der Waals surface area contributed by atoms with E-state index in [0.717, 1.165) is 24.2 Å². The Labute approximate surface area is 126 Å². The van der Waals surface area contributed by atoms with Crippen molar-refractivity contribution in [3.8, 4) is 0 Å². The number of aryl methyl sites for hydroxylation is 2. The molecule has 0 spiro atoms. The molecule has 0 aromatic carbocycles. The molecule has 4 fully saturated rings. The number of hydrogen-bond acceptors (Lipinski definition) is 2. The lowest BCUT2D eigenvalue weighted by Gasteiger charge is -2.57. The molecule has 1 aromatic rings. The fraction of sp³-hybridized carbons (Fsp3) is 0.778. The van der Waals surface area contributed by atoms with Gasteiger partial charge in [0.05, 0.1) is 6.10 Å². The molecule has 1 atom stereocenters. The van der Waals surface area contributed by atoms with E-state index in [0.29, 0.717) is 5.41 Å². The van der Waals surface area contributed by atoms with E-state index < -0.39 is 0 Å². The van der Waals surface area contributed by atoms with Crippen LogP contribution in [-0.2, 0) is 0 Å². The zero-order valence-corrected chi connectivity index (χ0v) is 13.5. The summed E-state index contributed by atoms with van der Waals surface area (Å²) in [5, 5.41) is 10.8. The smallest absolute Gasteiger partial charge is 0.0890 e. The molecule has 1 N–H and O–H groups in total. The maximum absolute atomic E-state index is 10.8. The van der Waals surface area contributed by atoms with Gasteiger partial charge in [-0.1, -0.05) is 0 Å². The van der Waals surface area contributed by atoms with Crippen molar-refractivity contribution in [3.63, 3.8) is 0 Å². The quantitative estimate of drug-likeness (QED) is 0.830. The van der Waals surface area contributed by atoms with Gasteiger partial charge in [0.25, 0.3) is 0 Å². The summed E-state index contributed by atoms with van der Waals surface area (Å²) in [6.45, 7) is 4.31. The van der Waals surface area contributed by atoms with Gasteiger partial charge in [-0.05, 0) is 93.6 Å². The zero-order chi connectivity index (χ0) is 13.9. The Morgan fingerprint density at radius 1 is 1.15 bits per heavy atom. The van der Waals surface area contributed by atoms with E-state index in [1.165, 1.54) is 53.8 Å². The van der Waals surface area contributed by atoms with Gasteiger partial charge in [0.15, 0.2) is 0 Å². The second-order valence-corrected chi connectivity index (χ2v) is 9.33. The highest BCUT2D eigenvalue weighted by molar-refractivity contribution is 7.12. The van der Waals surface area contributed by atoms with Gasteiger partial charge in [-0.15, -0.1) is 11.3 Å². The lowest BCUT2D eigenvalue weighted by Crippen LogP contribution is -2.46. The highest BCUT2D eigenvalue weighted by Crippen LogP contribution is 2.62. The first-order valence-electron chi connectivity index (χ1n) is 8.28. The Balaban J connectivity index is 1.55. The number of hydrogen-bond donors (Lipinski definition) is 1. The molecule has 2 heteroatoms. The van der Waals surface area contributed by atoms with Crippen LogP contribution in [0, 0.1) is 37.0 Å². The molecule has 1 aromatic heterocycles. The van der Waals surface area contributed by atoms with Crippen LogP contribution in [0.25, 0.3) is 0 Å². The second kappa shape index (κ2) is 4.58. The minimum Gasteiger partial charge on any atom is -0.388 e. The summed E-state index contributed by atoms with van der Waals surface area (Å²) in [5.74, 6) is 2.96. The number of thiophene rings is 1. The van der Waals surface area contributed by atoms with Crippen molar-refractivity contribution in [2.45, 2.75) is 64.9 Å². The fourth-order valence-corrected chi connectivity index (χ4v) is 7.05. The lowest BCUT2D eigenvalue weighted by atomic mass is 9.48. The molecule has 4 aliphatic carbocycles. The van der Waals surface area contributed by atoms with Crippen molar-refractivity contribution < 1.29 is 5.11 Å². The molecule has 4 aliphatic rings. The summed E-state index contributed by atoms with van der Waals surface area (Å²) >= 11 is 1.80. The molecule has 110 valence electrons. The highest BCUT2D eigenvalue weighted by Gasteiger charge is 2.51. The van der Waals surface area contributed by atoms with E-state index in [2.05, 4.69) is 19.9 Å². The average molecular weight is 290 g/mol. The van der Waals surface area contributed by atoms with Crippen LogP contribution in [0.2, 0.25) is 0 Å². The third-order valence-electron chi connectivity index (χ3n) is 6.17. The molecule has 5 rings (SSSR count). The Morgan fingerprint density at radius 3 is 2.15 bits per heavy atom. The molecular weight excluding hydrogens is 264 g/mol. The van der Waals surface area contributed by atoms with Crippen molar-refractivity contribution in [1.82, 2.24) is 0 Å². The van der Waals surface area contributed by atoms with Gasteiger partial charge in [-0.2, -0.15) is 0 Å². The van der Waals surface area contributed by atoms with Crippen molar-refractivity contribution in [3.05, 3.63) is 21.4 Å². The van der Waals surface area contributed by atoms with Crippen LogP contribution in [0.1, 0.15) is 66.4 Å². The predicted molar refractivity (Wildman–Crippen MR) is 84.0 cm³/mol. The van der Waals surface area contributed by atoms with Crippen LogP contribution in [0.5, 0.6) is 0 Å². The molecule has 4 bridgehead atoms. The van der Waals surface area contributed by atoms with E-state index in [-0.39, 0.29) is 6.10 Å². The first-order valence-corrected chi connectivity index (χ1v) is 9.10. The topological polar surface area (TPSA) is 20.2 Å². The SMILES string of the molecule is Cc1cc(C)c(C(O)CC23CC4CC(CC(C4)C2)C3)s1. The Morgan fingerprint density at radius 2 is 1.70 bits per heavy atom. The summed E-state index contributed by atoms with van der Waals surface area (Å²) in [6, 6.07) is 2.23. The summed E-state index contributed by atoms with van der Waals surface area (Å²) in [7, 11) is 0. The lowest BCUT2D eigenvalue weighted by molar-refractivity contribution is -0.0760. The van der Waals surface area contributed by atoms with Gasteiger partial charge in [0.2, 0.25) is 0 Å². The normalized spacial score (nSPS) is 40.2. The van der Waals surface area contributed by atoms with Crippen LogP contribution < -0.4 is 0 Å². The second-order valence-electron chi connectivity index (χ2n) is 8.04. The molecule has 1 heterocycles. The van der Waals surface area contributed by atoms with Crippen LogP contribution in [-0.4, -0.2) is 5.11 Å². The summed E-state index contributed by atoms with van der Waals surface area (Å²) in [4.78, 5) is 2.57. The van der Waals surface area contributed by atoms with Gasteiger partial charge in [-0.25, -0.2) is 0 Å². The molecule has 20 heavy (non-hydrogen) atoms. The van der Waals surface area contributed by atoms with Crippen molar-refractivity contribution in [1.29, 1.82) is 0 Å². The van der Waals surface area contributed by atoms with Gasteiger partial charge in [0.1, 0.15) is 0 Å². The summed E-state index contributed by atoms with van der Waals surface area (Å²) < 4.78 is 0. The minimum absolute atomic E-state index is 0.218. The van der Waals surface area contributed by atoms with Crippen molar-refractivity contribution in [2.75, 3.05) is 0 Å². The van der Waals surface area contributed by atoms with E-state index >= 15 is 0 Å². The minimum atomic E-state index is -0.218. The monoisotopic (exact) mass is 290 g/mol. The maximum atomic E-state index is 10.8. The Kier molecular flexibility index (Phi) is 3.05. The highest BCUT2D eigenvalue weighted by atomic mass is 32.1. The maximum Gasteiger partial charge on any atom is 0.0890 e. The van der Waals surface area contributed by atoms with Gasteiger partial charge in [0, 0.05) is 9.75 Å². The largest absolute Gasteiger partial charge is 0.388 e. The van der Waals surface area contributed by atoms with Crippen molar-refractivity contribution >= 4 is 11.3 Å². The number of aliphatic hydroxyl groups is 1. The third kappa shape index (κ3) is 2.16. The first-order chi connectivity index (χ1) is 9.53. The predicted octanol–water partition coefficient (Wildman–Crippen LogP) is 5.00. The van der Waals surface area contributed by atoms with E-state index in [1.807, 2.05) is 0 Å². The van der Waals surface area contributed by atoms with Crippen LogP contribution in [0.15, 0.2) is 6.07 Å². The molecule has 4 saturated carbocycles. The summed E-state index contributed by atoms with van der Waals surface area (Å²) in [5.41, 5.74) is 1.78. The molecule has 0 amide bonds. The van der Waals surface area contributed by atoms with Crippen LogP contribution in [0.4, 0.5) is 0 Å². The van der Waals surface area contributed by atoms with E-state index in [4.69, 9.17) is 0 Å². The van der Waals surface area contributed by atoms with Crippen LogP contribution in [0.3, 0.4) is 0 Å². The van der Waals surface area contributed by atoms with E-state index in [1.54, 1.807) is 11.3 Å². The Bertz CT molecular complexity index is 480. The molecule has 1 unspecified atom stereocenters. The molecular formula is C18H26OS. The molecule has 1 nitrogen and oxygen atoms in total. The molecule has 0 saturated heterocycles. The van der Waals surface area contributed by atoms with Gasteiger partial charge >= 0.3 is 0 Å². The fourth-order valence-electron chi connectivity index (χ4n) is 6.03. The molecule has 0 aliphatic heterocycles. The first kappa shape index (κ1) is 13.3. The van der Waals surface area contributed by atoms with Gasteiger partial charge < -0.3 is 5.11 Å². The number of rotatable bonds is 3. The Hall–Kier alpha value is -0.340. The zero-order valence-electron chi connectivity index (χ0n) is 12.7. The van der Waals surface area contributed by atoms with Crippen LogP contribution >= 0.6 is 11.3 Å². The number of aliphatic hydroxyl groups excluding tert-OH is 1. The van der Waals surface area contributed by atoms with Crippen molar-refractivity contribution in [2.24, 2.45) is 23.2 Å². The third-order valence-corrected chi connectivity index (χ3v) is 7.43. The van der Waals surface area contributed by atoms with E-state index in [9.17, 15) is 5.11 Å². The standard InChI is InChI=1S/C18H26OS/c1-11-3-12(2)20-17(11)16(19)10-18-7-13-4-14(8-18)6-15(5-13)9-18/h3,13-16,19H,4-10H2,1-2H3. The van der Waals surface area contributed by atoms with Gasteiger partial charge in [-0.3, -0.25) is 0 Å². The average Bonchev–Trinajstić information content (AvgIpc) is 2.66. The molecule has 0 radical (unpaired) electrons.